The van der Waals surface area contributed by atoms with Crippen molar-refractivity contribution in [3.63, 3.8) is 0 Å². The van der Waals surface area contributed by atoms with Gasteiger partial charge in [-0.1, -0.05) is 66.7 Å². The van der Waals surface area contributed by atoms with Crippen LogP contribution in [0.15, 0.2) is 72.8 Å². The second-order valence-corrected chi connectivity index (χ2v) is 11.3. The Morgan fingerprint density at radius 2 is 1.67 bits per heavy atom. The molecule has 0 saturated carbocycles. The van der Waals surface area contributed by atoms with Gasteiger partial charge in [-0.2, -0.15) is 0 Å². The Balaban J connectivity index is 1.37. The van der Waals surface area contributed by atoms with E-state index in [1.54, 1.807) is 19.1 Å². The number of aryl methyl sites for hydroxylation is 1. The molecule has 1 saturated heterocycles. The SMILES string of the molecule is COC(CN(Cc1ccccc1C)C(=O)CCOCCc1ccc(O)c(C2(c3ccccc3)CCN(C)CC2)c1)OC. The third kappa shape index (κ3) is 7.98. The Hall–Kier alpha value is -3.23. The zero-order valence-electron chi connectivity index (χ0n) is 25.6. The lowest BCUT2D eigenvalue weighted by Gasteiger charge is -2.42. The molecule has 0 radical (unpaired) electrons. The summed E-state index contributed by atoms with van der Waals surface area (Å²) >= 11 is 0. The molecule has 4 rings (SSSR count). The van der Waals surface area contributed by atoms with Crippen LogP contribution >= 0.6 is 0 Å². The van der Waals surface area contributed by atoms with Crippen LogP contribution in [-0.2, 0) is 37.4 Å². The van der Waals surface area contributed by atoms with Crippen LogP contribution in [-0.4, -0.2) is 81.2 Å². The minimum atomic E-state index is -0.494. The number of likely N-dealkylation sites (tertiary alicyclic amines) is 1. The molecular formula is C35H46N2O5. The summed E-state index contributed by atoms with van der Waals surface area (Å²) in [6, 6.07) is 24.6. The summed E-state index contributed by atoms with van der Waals surface area (Å²) in [5.74, 6) is 0.342. The molecule has 0 unspecified atom stereocenters. The number of piperidine rings is 1. The number of methoxy groups -OCH3 is 2. The molecule has 3 aromatic rings. The van der Waals surface area contributed by atoms with E-state index in [-0.39, 0.29) is 17.7 Å². The smallest absolute Gasteiger partial charge is 0.225 e. The molecule has 0 aromatic heterocycles. The van der Waals surface area contributed by atoms with Gasteiger partial charge in [-0.05, 0) is 74.6 Å². The third-order valence-corrected chi connectivity index (χ3v) is 8.61. The van der Waals surface area contributed by atoms with E-state index in [0.29, 0.717) is 38.5 Å². The van der Waals surface area contributed by atoms with E-state index in [9.17, 15) is 9.90 Å². The highest BCUT2D eigenvalue weighted by Crippen LogP contribution is 2.45. The van der Waals surface area contributed by atoms with Gasteiger partial charge in [0.15, 0.2) is 6.29 Å². The van der Waals surface area contributed by atoms with Crippen molar-refractivity contribution in [1.29, 1.82) is 0 Å². The first-order valence-electron chi connectivity index (χ1n) is 14.9. The zero-order valence-corrected chi connectivity index (χ0v) is 25.6. The van der Waals surface area contributed by atoms with Gasteiger partial charge in [0.25, 0.3) is 0 Å². The second kappa shape index (κ2) is 15.3. The number of aromatic hydroxyl groups is 1. The van der Waals surface area contributed by atoms with E-state index in [0.717, 1.165) is 48.2 Å². The van der Waals surface area contributed by atoms with Crippen LogP contribution in [0.1, 0.15) is 47.1 Å². The van der Waals surface area contributed by atoms with Crippen molar-refractivity contribution in [2.24, 2.45) is 0 Å². The van der Waals surface area contributed by atoms with Crippen molar-refractivity contribution in [3.8, 4) is 5.75 Å². The fraction of sp³-hybridized carbons (Fsp3) is 0.457. The maximum Gasteiger partial charge on any atom is 0.225 e. The first-order valence-corrected chi connectivity index (χ1v) is 14.9. The lowest BCUT2D eigenvalue weighted by Crippen LogP contribution is -2.41. The molecule has 1 aliphatic heterocycles. The van der Waals surface area contributed by atoms with Crippen LogP contribution < -0.4 is 0 Å². The third-order valence-electron chi connectivity index (χ3n) is 8.61. The van der Waals surface area contributed by atoms with Gasteiger partial charge in [0.2, 0.25) is 5.91 Å². The summed E-state index contributed by atoms with van der Waals surface area (Å²) in [7, 11) is 5.32. The van der Waals surface area contributed by atoms with E-state index >= 15 is 0 Å². The molecule has 1 N–H and O–H groups in total. The Morgan fingerprint density at radius 1 is 0.976 bits per heavy atom. The molecule has 7 heteroatoms. The van der Waals surface area contributed by atoms with E-state index in [4.69, 9.17) is 14.2 Å². The Kier molecular flexibility index (Phi) is 11.5. The molecule has 1 fully saturated rings. The molecule has 1 heterocycles. The Bertz CT molecular complexity index is 1270. The van der Waals surface area contributed by atoms with Crippen molar-refractivity contribution in [2.75, 3.05) is 54.1 Å². The fourth-order valence-corrected chi connectivity index (χ4v) is 5.88. The summed E-state index contributed by atoms with van der Waals surface area (Å²) < 4.78 is 16.7. The molecule has 0 spiro atoms. The standard InChI is InChI=1S/C35H46N2O5/c1-27-10-8-9-11-29(27)25-37(26-34(40-3)41-4)33(39)17-23-42-22-16-28-14-15-32(38)31(24-28)35(18-20-36(2)21-19-35)30-12-6-5-7-13-30/h5-15,24,34,38H,16-23,25-26H2,1-4H3. The van der Waals surface area contributed by atoms with Crippen molar-refractivity contribution in [1.82, 2.24) is 9.80 Å². The quantitative estimate of drug-likeness (QED) is 0.208. The van der Waals surface area contributed by atoms with Gasteiger partial charge in [-0.25, -0.2) is 0 Å². The minimum Gasteiger partial charge on any atom is -0.508 e. The summed E-state index contributed by atoms with van der Waals surface area (Å²) in [6.45, 7) is 5.67. The number of benzene rings is 3. The van der Waals surface area contributed by atoms with Gasteiger partial charge in [0.05, 0.1) is 26.2 Å². The van der Waals surface area contributed by atoms with Gasteiger partial charge in [-0.15, -0.1) is 0 Å². The maximum absolute atomic E-state index is 13.2. The first-order chi connectivity index (χ1) is 20.4. The lowest BCUT2D eigenvalue weighted by atomic mass is 9.67. The molecule has 7 nitrogen and oxygen atoms in total. The number of carbonyl (C=O) groups excluding carboxylic acids is 1. The summed E-state index contributed by atoms with van der Waals surface area (Å²) in [5.41, 5.74) is 5.38. The van der Waals surface area contributed by atoms with Crippen LogP contribution in [0.3, 0.4) is 0 Å². The number of carbonyl (C=O) groups is 1. The van der Waals surface area contributed by atoms with Crippen LogP contribution in [0.5, 0.6) is 5.75 Å². The molecular weight excluding hydrogens is 528 g/mol. The van der Waals surface area contributed by atoms with Gasteiger partial charge < -0.3 is 29.1 Å². The predicted molar refractivity (Wildman–Crippen MR) is 166 cm³/mol. The number of amides is 1. The van der Waals surface area contributed by atoms with Crippen LogP contribution in [0.2, 0.25) is 0 Å². The molecule has 0 bridgehead atoms. The van der Waals surface area contributed by atoms with Crippen LogP contribution in [0, 0.1) is 6.92 Å². The van der Waals surface area contributed by atoms with Gasteiger partial charge in [-0.3, -0.25) is 4.79 Å². The number of hydrogen-bond donors (Lipinski definition) is 1. The van der Waals surface area contributed by atoms with Crippen molar-refractivity contribution in [3.05, 3.63) is 101 Å². The second-order valence-electron chi connectivity index (χ2n) is 11.3. The van der Waals surface area contributed by atoms with Crippen molar-refractivity contribution in [2.45, 2.75) is 50.9 Å². The number of nitrogens with zero attached hydrogens (tertiary/aromatic N) is 2. The molecule has 0 atom stereocenters. The maximum atomic E-state index is 13.2. The molecule has 0 aliphatic carbocycles. The molecule has 226 valence electrons. The van der Waals surface area contributed by atoms with Crippen LogP contribution in [0.4, 0.5) is 0 Å². The summed E-state index contributed by atoms with van der Waals surface area (Å²) in [5, 5.41) is 11.0. The number of rotatable bonds is 14. The first kappa shape index (κ1) is 31.7. The lowest BCUT2D eigenvalue weighted by molar-refractivity contribution is -0.147. The van der Waals surface area contributed by atoms with Crippen molar-refractivity contribution < 1.29 is 24.1 Å². The summed E-state index contributed by atoms with van der Waals surface area (Å²) in [4.78, 5) is 17.3. The summed E-state index contributed by atoms with van der Waals surface area (Å²) in [6.07, 6.45) is 2.39. The fourth-order valence-electron chi connectivity index (χ4n) is 5.88. The van der Waals surface area contributed by atoms with E-state index in [1.165, 1.54) is 5.56 Å². The number of ether oxygens (including phenoxy) is 3. The van der Waals surface area contributed by atoms with E-state index in [1.807, 2.05) is 49.4 Å². The zero-order chi connectivity index (χ0) is 30.0. The minimum absolute atomic E-state index is 0.00339. The van der Waals surface area contributed by atoms with E-state index < -0.39 is 6.29 Å². The number of phenolic OH excluding ortho intramolecular Hbond substituents is 1. The molecule has 3 aromatic carbocycles. The topological polar surface area (TPSA) is 71.5 Å². The highest BCUT2D eigenvalue weighted by Gasteiger charge is 2.39. The average Bonchev–Trinajstić information content (AvgIpc) is 3.01. The van der Waals surface area contributed by atoms with Crippen LogP contribution in [0.25, 0.3) is 0 Å². The molecule has 42 heavy (non-hydrogen) atoms. The monoisotopic (exact) mass is 574 g/mol. The van der Waals surface area contributed by atoms with E-state index in [2.05, 4.69) is 42.3 Å². The molecule has 1 amide bonds. The van der Waals surface area contributed by atoms with Crippen molar-refractivity contribution >= 4 is 5.91 Å². The highest BCUT2D eigenvalue weighted by molar-refractivity contribution is 5.76. The van der Waals surface area contributed by atoms with Gasteiger partial charge in [0.1, 0.15) is 5.75 Å². The average molecular weight is 575 g/mol. The predicted octanol–water partition coefficient (Wildman–Crippen LogP) is 5.31. The van der Waals surface area contributed by atoms with Gasteiger partial charge in [0, 0.05) is 31.7 Å². The largest absolute Gasteiger partial charge is 0.508 e. The number of hydrogen-bond acceptors (Lipinski definition) is 6. The Labute approximate surface area is 251 Å². The normalized spacial score (nSPS) is 15.2. The van der Waals surface area contributed by atoms with Gasteiger partial charge >= 0.3 is 0 Å². The highest BCUT2D eigenvalue weighted by atomic mass is 16.7. The molecule has 1 aliphatic rings. The Morgan fingerprint density at radius 3 is 2.36 bits per heavy atom. The number of phenols is 1.